The van der Waals surface area contributed by atoms with Gasteiger partial charge in [-0.2, -0.15) is 0 Å². The molecule has 82 valence electrons. The summed E-state index contributed by atoms with van der Waals surface area (Å²) in [5, 5.41) is 0. The molecule has 2 nitrogen and oxygen atoms in total. The van der Waals surface area contributed by atoms with E-state index in [2.05, 4.69) is 25.8 Å². The molecule has 0 saturated carbocycles. The first-order chi connectivity index (χ1) is 7.00. The van der Waals surface area contributed by atoms with Gasteiger partial charge in [0.25, 0.3) is 0 Å². The molecule has 1 aliphatic rings. The number of fused-ring (bicyclic) bond motifs is 1. The highest BCUT2D eigenvalue weighted by atomic mass is 16.1. The average Bonchev–Trinajstić information content (AvgIpc) is 2.57. The fourth-order valence-corrected chi connectivity index (χ4v) is 2.46. The normalized spacial score (nSPS) is 21.1. The lowest BCUT2D eigenvalue weighted by atomic mass is 9.72. The van der Waals surface area contributed by atoms with Crippen molar-refractivity contribution in [3.63, 3.8) is 0 Å². The van der Waals surface area contributed by atoms with Crippen LogP contribution in [0.3, 0.4) is 0 Å². The van der Waals surface area contributed by atoms with Gasteiger partial charge in [0, 0.05) is 5.69 Å². The summed E-state index contributed by atoms with van der Waals surface area (Å²) in [4.78, 5) is 13.9. The number of carbonyl (C=O) groups excluding carboxylic acids is 1. The maximum absolute atomic E-state index is 10.7. The van der Waals surface area contributed by atoms with Gasteiger partial charge in [-0.15, -0.1) is 0 Å². The van der Waals surface area contributed by atoms with Gasteiger partial charge in [0.1, 0.15) is 0 Å². The Bertz CT molecular complexity index is 370. The Kier molecular flexibility index (Phi) is 2.45. The maximum Gasteiger partial charge on any atom is 0.166 e. The van der Waals surface area contributed by atoms with Gasteiger partial charge in [0.2, 0.25) is 0 Å². The van der Waals surface area contributed by atoms with Crippen LogP contribution < -0.4 is 0 Å². The topological polar surface area (TPSA) is 32.9 Å². The third-order valence-corrected chi connectivity index (χ3v) is 3.57. The van der Waals surface area contributed by atoms with E-state index >= 15 is 0 Å². The van der Waals surface area contributed by atoms with Gasteiger partial charge in [0.05, 0.1) is 5.69 Å². The van der Waals surface area contributed by atoms with Gasteiger partial charge in [-0.3, -0.25) is 4.79 Å². The van der Waals surface area contributed by atoms with Crippen molar-refractivity contribution in [1.29, 1.82) is 0 Å². The van der Waals surface area contributed by atoms with E-state index in [-0.39, 0.29) is 0 Å². The Hall–Kier alpha value is -1.05. The van der Waals surface area contributed by atoms with E-state index < -0.39 is 0 Å². The molecule has 1 heterocycles. The van der Waals surface area contributed by atoms with Crippen molar-refractivity contribution in [2.75, 3.05) is 0 Å². The molecule has 1 aromatic rings. The zero-order valence-corrected chi connectivity index (χ0v) is 9.76. The number of carbonyl (C=O) groups is 1. The van der Waals surface area contributed by atoms with Crippen molar-refractivity contribution in [3.8, 4) is 0 Å². The summed E-state index contributed by atoms with van der Waals surface area (Å²) in [5.74, 6) is 0.736. The SMILES string of the molecule is CC(C)(C)C1CCc2[nH]c(C=O)cc2C1. The monoisotopic (exact) mass is 205 g/mol. The fourth-order valence-electron chi connectivity index (χ4n) is 2.46. The Balaban J connectivity index is 2.23. The molecule has 0 aromatic carbocycles. The summed E-state index contributed by atoms with van der Waals surface area (Å²) in [5.41, 5.74) is 3.73. The van der Waals surface area contributed by atoms with Crippen molar-refractivity contribution in [2.24, 2.45) is 11.3 Å². The van der Waals surface area contributed by atoms with Crippen molar-refractivity contribution in [3.05, 3.63) is 23.0 Å². The Morgan fingerprint density at radius 2 is 2.20 bits per heavy atom. The second-order valence-electron chi connectivity index (χ2n) is 5.65. The van der Waals surface area contributed by atoms with E-state index in [1.54, 1.807) is 0 Å². The molecule has 0 spiro atoms. The first-order valence-electron chi connectivity index (χ1n) is 5.66. The predicted octanol–water partition coefficient (Wildman–Crippen LogP) is 2.98. The first-order valence-corrected chi connectivity index (χ1v) is 5.66. The molecule has 1 atom stereocenters. The number of nitrogens with one attached hydrogen (secondary N) is 1. The molecule has 0 amide bonds. The summed E-state index contributed by atoms with van der Waals surface area (Å²) >= 11 is 0. The second-order valence-corrected chi connectivity index (χ2v) is 5.65. The summed E-state index contributed by atoms with van der Waals surface area (Å²) in [6.07, 6.45) is 4.34. The molecular formula is C13H19NO. The third kappa shape index (κ3) is 1.99. The summed E-state index contributed by atoms with van der Waals surface area (Å²) in [7, 11) is 0. The molecule has 2 rings (SSSR count). The Morgan fingerprint density at radius 3 is 2.80 bits per heavy atom. The second kappa shape index (κ2) is 3.51. The molecule has 0 bridgehead atoms. The molecule has 1 aliphatic carbocycles. The zero-order chi connectivity index (χ0) is 11.1. The van der Waals surface area contributed by atoms with Crippen LogP contribution in [-0.2, 0) is 12.8 Å². The maximum atomic E-state index is 10.7. The molecule has 1 unspecified atom stereocenters. The lowest BCUT2D eigenvalue weighted by molar-refractivity contribution is 0.111. The summed E-state index contributed by atoms with van der Waals surface area (Å²) in [6, 6.07) is 2.01. The highest BCUT2D eigenvalue weighted by Crippen LogP contribution is 2.37. The van der Waals surface area contributed by atoms with Gasteiger partial charge >= 0.3 is 0 Å². The van der Waals surface area contributed by atoms with Crippen molar-refractivity contribution >= 4 is 6.29 Å². The van der Waals surface area contributed by atoms with Crippen LogP contribution in [0.15, 0.2) is 6.07 Å². The lowest BCUT2D eigenvalue weighted by Gasteiger charge is -2.33. The minimum atomic E-state index is 0.371. The quantitative estimate of drug-likeness (QED) is 0.702. The smallest absolute Gasteiger partial charge is 0.166 e. The van der Waals surface area contributed by atoms with E-state index in [4.69, 9.17) is 0 Å². The Morgan fingerprint density at radius 1 is 1.47 bits per heavy atom. The summed E-state index contributed by atoms with van der Waals surface area (Å²) in [6.45, 7) is 6.90. The van der Waals surface area contributed by atoms with Gasteiger partial charge in [-0.1, -0.05) is 20.8 Å². The van der Waals surface area contributed by atoms with Crippen LogP contribution in [0, 0.1) is 11.3 Å². The molecule has 0 fully saturated rings. The molecule has 0 radical (unpaired) electrons. The van der Waals surface area contributed by atoms with E-state index in [1.807, 2.05) is 6.07 Å². The van der Waals surface area contributed by atoms with Crippen LogP contribution in [0.2, 0.25) is 0 Å². The van der Waals surface area contributed by atoms with Crippen LogP contribution in [0.25, 0.3) is 0 Å². The van der Waals surface area contributed by atoms with Gasteiger partial charge in [-0.25, -0.2) is 0 Å². The Labute approximate surface area is 91.1 Å². The predicted molar refractivity (Wildman–Crippen MR) is 61.2 cm³/mol. The van der Waals surface area contributed by atoms with Crippen LogP contribution in [0.1, 0.15) is 48.9 Å². The van der Waals surface area contributed by atoms with E-state index in [0.29, 0.717) is 5.41 Å². The van der Waals surface area contributed by atoms with E-state index in [1.165, 1.54) is 17.7 Å². The largest absolute Gasteiger partial charge is 0.356 e. The molecule has 0 saturated heterocycles. The number of H-pyrrole nitrogens is 1. The number of rotatable bonds is 1. The molecule has 0 aliphatic heterocycles. The van der Waals surface area contributed by atoms with Crippen molar-refractivity contribution in [2.45, 2.75) is 40.0 Å². The minimum Gasteiger partial charge on any atom is -0.356 e. The summed E-state index contributed by atoms with van der Waals surface area (Å²) < 4.78 is 0. The number of aryl methyl sites for hydroxylation is 1. The fraction of sp³-hybridized carbons (Fsp3) is 0.615. The third-order valence-electron chi connectivity index (χ3n) is 3.57. The highest BCUT2D eigenvalue weighted by Gasteiger charge is 2.29. The first kappa shape index (κ1) is 10.5. The van der Waals surface area contributed by atoms with Gasteiger partial charge < -0.3 is 4.98 Å². The number of hydrogen-bond acceptors (Lipinski definition) is 1. The van der Waals surface area contributed by atoms with Crippen LogP contribution >= 0.6 is 0 Å². The number of aldehydes is 1. The van der Waals surface area contributed by atoms with Crippen LogP contribution in [0.4, 0.5) is 0 Å². The van der Waals surface area contributed by atoms with Gasteiger partial charge in [0.15, 0.2) is 6.29 Å². The van der Waals surface area contributed by atoms with E-state index in [9.17, 15) is 4.79 Å². The standard InChI is InChI=1S/C13H19NO/c1-13(2,3)10-4-5-12-9(6-10)7-11(8-15)14-12/h7-8,10,14H,4-6H2,1-3H3. The molecule has 2 heteroatoms. The number of aromatic nitrogens is 1. The average molecular weight is 205 g/mol. The molecule has 15 heavy (non-hydrogen) atoms. The van der Waals surface area contributed by atoms with Gasteiger partial charge in [-0.05, 0) is 42.2 Å². The lowest BCUT2D eigenvalue weighted by Crippen LogP contribution is -2.26. The molecule has 1 N–H and O–H groups in total. The van der Waals surface area contributed by atoms with E-state index in [0.717, 1.165) is 30.7 Å². The van der Waals surface area contributed by atoms with Crippen molar-refractivity contribution in [1.82, 2.24) is 4.98 Å². The molecule has 1 aromatic heterocycles. The highest BCUT2D eigenvalue weighted by molar-refractivity contribution is 5.72. The van der Waals surface area contributed by atoms with Crippen molar-refractivity contribution < 1.29 is 4.79 Å². The number of hydrogen-bond donors (Lipinski definition) is 1. The molecular weight excluding hydrogens is 186 g/mol. The van der Waals surface area contributed by atoms with Crippen LogP contribution in [-0.4, -0.2) is 11.3 Å². The minimum absolute atomic E-state index is 0.371. The zero-order valence-electron chi connectivity index (χ0n) is 9.76. The number of aromatic amines is 1. The van der Waals surface area contributed by atoms with Crippen LogP contribution in [0.5, 0.6) is 0 Å².